The van der Waals surface area contributed by atoms with Gasteiger partial charge >= 0.3 is 5.97 Å². The Morgan fingerprint density at radius 1 is 1.19 bits per heavy atom. The number of carboxylic acid groups (broad SMARTS) is 1. The van der Waals surface area contributed by atoms with E-state index in [1.807, 2.05) is 6.92 Å². The summed E-state index contributed by atoms with van der Waals surface area (Å²) in [5.41, 5.74) is 2.06. The van der Waals surface area contributed by atoms with Gasteiger partial charge in [0.1, 0.15) is 0 Å². The molecular formula is C16H22N2O3. The first-order valence-electron chi connectivity index (χ1n) is 7.47. The van der Waals surface area contributed by atoms with Crippen molar-refractivity contribution in [1.29, 1.82) is 0 Å². The van der Waals surface area contributed by atoms with Crippen molar-refractivity contribution >= 4 is 11.9 Å². The van der Waals surface area contributed by atoms with Gasteiger partial charge in [0.15, 0.2) is 0 Å². The number of carbonyl (C=O) groups excluding carboxylic acids is 1. The molecule has 21 heavy (non-hydrogen) atoms. The highest BCUT2D eigenvalue weighted by Gasteiger charge is 2.31. The smallest absolute Gasteiger partial charge is 0.308 e. The Morgan fingerprint density at radius 2 is 1.90 bits per heavy atom. The summed E-state index contributed by atoms with van der Waals surface area (Å²) in [4.78, 5) is 28.0. The van der Waals surface area contributed by atoms with Gasteiger partial charge in [-0.3, -0.25) is 14.6 Å². The van der Waals surface area contributed by atoms with Crippen LogP contribution in [0.1, 0.15) is 53.8 Å². The van der Waals surface area contributed by atoms with Crippen molar-refractivity contribution in [2.45, 2.75) is 52.0 Å². The van der Waals surface area contributed by atoms with Gasteiger partial charge in [0.25, 0.3) is 5.91 Å². The number of nitrogens with one attached hydrogen (secondary N) is 1. The maximum atomic E-state index is 12.4. The molecule has 0 bridgehead atoms. The summed E-state index contributed by atoms with van der Waals surface area (Å²) in [5, 5.41) is 12.3. The molecule has 1 fully saturated rings. The van der Waals surface area contributed by atoms with E-state index < -0.39 is 11.9 Å². The van der Waals surface area contributed by atoms with Crippen LogP contribution in [-0.4, -0.2) is 28.0 Å². The standard InChI is InChI=1S/C16H22N2O3/c1-10-8-9-12(11(2)17-10)15(19)18-14-7-5-3-4-6-13(14)16(20)21/h8-9,13-14H,3-7H2,1-2H3,(H,18,19)(H,20,21). The highest BCUT2D eigenvalue weighted by atomic mass is 16.4. The van der Waals surface area contributed by atoms with Crippen molar-refractivity contribution < 1.29 is 14.7 Å². The molecule has 1 aliphatic carbocycles. The Morgan fingerprint density at radius 3 is 2.57 bits per heavy atom. The monoisotopic (exact) mass is 290 g/mol. The number of aliphatic carboxylic acids is 1. The Balaban J connectivity index is 2.14. The number of rotatable bonds is 3. The molecule has 2 rings (SSSR count). The second-order valence-electron chi connectivity index (χ2n) is 5.75. The zero-order valence-corrected chi connectivity index (χ0v) is 12.6. The van der Waals surface area contributed by atoms with E-state index in [0.29, 0.717) is 17.7 Å². The van der Waals surface area contributed by atoms with Gasteiger partial charge in [0.2, 0.25) is 0 Å². The Labute approximate surface area is 124 Å². The molecule has 2 atom stereocenters. The Bertz CT molecular complexity index is 542. The number of nitrogens with zero attached hydrogens (tertiary/aromatic N) is 1. The molecular weight excluding hydrogens is 268 g/mol. The predicted octanol–water partition coefficient (Wildman–Crippen LogP) is 2.46. The molecule has 0 aliphatic heterocycles. The summed E-state index contributed by atoms with van der Waals surface area (Å²) in [6.07, 6.45) is 4.25. The molecule has 0 aromatic carbocycles. The number of pyridine rings is 1. The third-order valence-electron chi connectivity index (χ3n) is 4.12. The summed E-state index contributed by atoms with van der Waals surface area (Å²) >= 11 is 0. The number of amides is 1. The van der Waals surface area contributed by atoms with Gasteiger partial charge < -0.3 is 10.4 Å². The van der Waals surface area contributed by atoms with Crippen molar-refractivity contribution in [2.75, 3.05) is 0 Å². The first-order valence-corrected chi connectivity index (χ1v) is 7.47. The van der Waals surface area contributed by atoms with E-state index in [-0.39, 0.29) is 11.9 Å². The molecule has 2 N–H and O–H groups in total. The lowest BCUT2D eigenvalue weighted by molar-refractivity contribution is -0.142. The fourth-order valence-electron chi connectivity index (χ4n) is 2.95. The van der Waals surface area contributed by atoms with Crippen molar-refractivity contribution in [3.63, 3.8) is 0 Å². The van der Waals surface area contributed by atoms with E-state index in [4.69, 9.17) is 0 Å². The van der Waals surface area contributed by atoms with Crippen LogP contribution in [0.4, 0.5) is 0 Å². The average Bonchev–Trinajstić information content (AvgIpc) is 2.63. The van der Waals surface area contributed by atoms with Crippen molar-refractivity contribution in [3.8, 4) is 0 Å². The zero-order valence-electron chi connectivity index (χ0n) is 12.6. The van der Waals surface area contributed by atoms with Gasteiger partial charge in [-0.25, -0.2) is 0 Å². The third-order valence-corrected chi connectivity index (χ3v) is 4.12. The van der Waals surface area contributed by atoms with Crippen LogP contribution >= 0.6 is 0 Å². The fraction of sp³-hybridized carbons (Fsp3) is 0.562. The number of hydrogen-bond donors (Lipinski definition) is 2. The van der Waals surface area contributed by atoms with Gasteiger partial charge in [0.05, 0.1) is 17.2 Å². The minimum Gasteiger partial charge on any atom is -0.481 e. The predicted molar refractivity (Wildman–Crippen MR) is 79.2 cm³/mol. The summed E-state index contributed by atoms with van der Waals surface area (Å²) in [5.74, 6) is -1.53. The van der Waals surface area contributed by atoms with Crippen LogP contribution in [0.5, 0.6) is 0 Å². The van der Waals surface area contributed by atoms with Gasteiger partial charge in [-0.2, -0.15) is 0 Å². The molecule has 0 saturated heterocycles. The molecule has 5 nitrogen and oxygen atoms in total. The zero-order chi connectivity index (χ0) is 15.4. The fourth-order valence-corrected chi connectivity index (χ4v) is 2.95. The lowest BCUT2D eigenvalue weighted by atomic mass is 9.94. The number of carboxylic acids is 1. The van der Waals surface area contributed by atoms with Crippen LogP contribution in [-0.2, 0) is 4.79 Å². The molecule has 0 radical (unpaired) electrons. The van der Waals surface area contributed by atoms with E-state index in [2.05, 4.69) is 10.3 Å². The number of aryl methyl sites for hydroxylation is 2. The summed E-state index contributed by atoms with van der Waals surface area (Å²) < 4.78 is 0. The van der Waals surface area contributed by atoms with Gasteiger partial charge in [-0.15, -0.1) is 0 Å². The van der Waals surface area contributed by atoms with Crippen LogP contribution in [0.3, 0.4) is 0 Å². The number of aromatic nitrogens is 1. The second kappa shape index (κ2) is 6.70. The highest BCUT2D eigenvalue weighted by molar-refractivity contribution is 5.95. The number of hydrogen-bond acceptors (Lipinski definition) is 3. The van der Waals surface area contributed by atoms with E-state index in [1.165, 1.54) is 0 Å². The van der Waals surface area contributed by atoms with E-state index in [9.17, 15) is 14.7 Å². The van der Waals surface area contributed by atoms with Gasteiger partial charge in [-0.05, 0) is 38.8 Å². The Hall–Kier alpha value is -1.91. The van der Waals surface area contributed by atoms with Crippen molar-refractivity contribution in [3.05, 3.63) is 29.1 Å². The second-order valence-corrected chi connectivity index (χ2v) is 5.75. The summed E-state index contributed by atoms with van der Waals surface area (Å²) in [6.45, 7) is 3.67. The largest absolute Gasteiger partial charge is 0.481 e. The molecule has 1 saturated carbocycles. The maximum Gasteiger partial charge on any atom is 0.308 e. The quantitative estimate of drug-likeness (QED) is 0.838. The molecule has 1 aromatic heterocycles. The van der Waals surface area contributed by atoms with Crippen LogP contribution in [0.2, 0.25) is 0 Å². The van der Waals surface area contributed by atoms with Crippen LogP contribution in [0.15, 0.2) is 12.1 Å². The maximum absolute atomic E-state index is 12.4. The van der Waals surface area contributed by atoms with E-state index in [0.717, 1.165) is 31.4 Å². The highest BCUT2D eigenvalue weighted by Crippen LogP contribution is 2.24. The van der Waals surface area contributed by atoms with Gasteiger partial charge in [-0.1, -0.05) is 19.3 Å². The third kappa shape index (κ3) is 3.80. The molecule has 5 heteroatoms. The summed E-state index contributed by atoms with van der Waals surface area (Å²) in [6, 6.07) is 3.25. The first kappa shape index (κ1) is 15.5. The molecule has 1 heterocycles. The molecule has 0 spiro atoms. The topological polar surface area (TPSA) is 79.3 Å². The normalized spacial score (nSPS) is 22.4. The van der Waals surface area contributed by atoms with Crippen LogP contribution < -0.4 is 5.32 Å². The van der Waals surface area contributed by atoms with Crippen LogP contribution in [0, 0.1) is 19.8 Å². The SMILES string of the molecule is Cc1ccc(C(=O)NC2CCCCCC2C(=O)O)c(C)n1. The molecule has 114 valence electrons. The minimum absolute atomic E-state index is 0.224. The first-order chi connectivity index (χ1) is 9.99. The lowest BCUT2D eigenvalue weighted by Crippen LogP contribution is -2.43. The average molecular weight is 290 g/mol. The van der Waals surface area contributed by atoms with E-state index in [1.54, 1.807) is 19.1 Å². The minimum atomic E-state index is -0.819. The summed E-state index contributed by atoms with van der Waals surface area (Å²) in [7, 11) is 0. The van der Waals surface area contributed by atoms with E-state index >= 15 is 0 Å². The molecule has 1 aliphatic rings. The molecule has 1 aromatic rings. The van der Waals surface area contributed by atoms with Crippen molar-refractivity contribution in [2.24, 2.45) is 5.92 Å². The van der Waals surface area contributed by atoms with Crippen molar-refractivity contribution in [1.82, 2.24) is 10.3 Å². The van der Waals surface area contributed by atoms with Crippen LogP contribution in [0.25, 0.3) is 0 Å². The Kier molecular flexibility index (Phi) is 4.94. The molecule has 1 amide bonds. The van der Waals surface area contributed by atoms with Gasteiger partial charge in [0, 0.05) is 11.7 Å². The molecule has 2 unspecified atom stereocenters. The number of carbonyl (C=O) groups is 2. The lowest BCUT2D eigenvalue weighted by Gasteiger charge is -2.23.